The van der Waals surface area contributed by atoms with Crippen molar-refractivity contribution < 1.29 is 9.53 Å². The van der Waals surface area contributed by atoms with Crippen LogP contribution in [-0.4, -0.2) is 64.1 Å². The maximum absolute atomic E-state index is 12.7. The minimum absolute atomic E-state index is 0.193. The van der Waals surface area contributed by atoms with Gasteiger partial charge in [-0.15, -0.1) is 0 Å². The van der Waals surface area contributed by atoms with Crippen molar-refractivity contribution in [3.8, 4) is 0 Å². The predicted molar refractivity (Wildman–Crippen MR) is 92.6 cm³/mol. The first kappa shape index (κ1) is 17.4. The van der Waals surface area contributed by atoms with Gasteiger partial charge in [0.2, 0.25) is 5.91 Å². The Morgan fingerprint density at radius 2 is 2.25 bits per heavy atom. The Hall–Kier alpha value is -1.40. The Labute approximate surface area is 144 Å². The highest BCUT2D eigenvalue weighted by Gasteiger charge is 2.32. The van der Waals surface area contributed by atoms with E-state index >= 15 is 0 Å². The fourth-order valence-electron chi connectivity index (χ4n) is 3.85. The lowest BCUT2D eigenvalue weighted by molar-refractivity contribution is -0.135. The van der Waals surface area contributed by atoms with Crippen molar-refractivity contribution >= 4 is 5.91 Å². The van der Waals surface area contributed by atoms with Crippen LogP contribution >= 0.6 is 0 Å². The lowest BCUT2D eigenvalue weighted by atomic mass is 10.0. The number of ether oxygens (including phenoxy) is 1. The summed E-state index contributed by atoms with van der Waals surface area (Å²) in [5, 5.41) is 0. The second kappa shape index (κ2) is 8.12. The first-order valence-electron chi connectivity index (χ1n) is 9.29. The summed E-state index contributed by atoms with van der Waals surface area (Å²) in [6.07, 6.45) is 9.06. The van der Waals surface area contributed by atoms with Crippen molar-refractivity contribution in [2.24, 2.45) is 7.05 Å². The first-order valence-corrected chi connectivity index (χ1v) is 9.29. The quantitative estimate of drug-likeness (QED) is 0.826. The predicted octanol–water partition coefficient (Wildman–Crippen LogP) is 1.97. The van der Waals surface area contributed by atoms with Crippen LogP contribution in [0.15, 0.2) is 12.4 Å². The van der Waals surface area contributed by atoms with E-state index in [4.69, 9.17) is 4.74 Å². The van der Waals surface area contributed by atoms with Crippen molar-refractivity contribution in [2.45, 2.75) is 51.2 Å². The molecule has 0 N–H and O–H groups in total. The van der Waals surface area contributed by atoms with Crippen molar-refractivity contribution in [1.29, 1.82) is 0 Å². The molecule has 0 spiro atoms. The van der Waals surface area contributed by atoms with Crippen LogP contribution in [0.2, 0.25) is 0 Å². The third-order valence-electron chi connectivity index (χ3n) is 5.36. The van der Waals surface area contributed by atoms with Gasteiger partial charge in [0.15, 0.2) is 0 Å². The average molecular weight is 334 g/mol. The van der Waals surface area contributed by atoms with Gasteiger partial charge in [0.1, 0.15) is 5.82 Å². The lowest BCUT2D eigenvalue weighted by Gasteiger charge is -2.40. The van der Waals surface area contributed by atoms with E-state index in [9.17, 15) is 4.79 Å². The molecule has 0 bridgehead atoms. The SMILES string of the molecule is CCN1CCN(C(=O)CC[C@@H]2CCCCO2)C[C@@H]1c1nccn1C. The summed E-state index contributed by atoms with van der Waals surface area (Å²) in [7, 11) is 2.03. The van der Waals surface area contributed by atoms with Gasteiger partial charge in [-0.2, -0.15) is 0 Å². The van der Waals surface area contributed by atoms with Crippen LogP contribution in [0.4, 0.5) is 0 Å². The van der Waals surface area contributed by atoms with Gasteiger partial charge in [0.05, 0.1) is 12.1 Å². The summed E-state index contributed by atoms with van der Waals surface area (Å²) in [6, 6.07) is 0.193. The molecule has 0 aliphatic carbocycles. The second-order valence-corrected chi connectivity index (χ2v) is 6.91. The van der Waals surface area contributed by atoms with Gasteiger partial charge < -0.3 is 14.2 Å². The molecule has 2 saturated heterocycles. The largest absolute Gasteiger partial charge is 0.378 e. The van der Waals surface area contributed by atoms with E-state index in [0.29, 0.717) is 6.42 Å². The molecule has 1 aromatic heterocycles. The molecule has 134 valence electrons. The summed E-state index contributed by atoms with van der Waals surface area (Å²) in [6.45, 7) is 6.49. The van der Waals surface area contributed by atoms with Gasteiger partial charge in [-0.25, -0.2) is 4.98 Å². The molecule has 0 aromatic carbocycles. The minimum Gasteiger partial charge on any atom is -0.378 e. The number of rotatable bonds is 5. The van der Waals surface area contributed by atoms with E-state index in [0.717, 1.165) is 57.9 Å². The van der Waals surface area contributed by atoms with Crippen molar-refractivity contribution in [1.82, 2.24) is 19.4 Å². The van der Waals surface area contributed by atoms with E-state index in [1.54, 1.807) is 0 Å². The monoisotopic (exact) mass is 334 g/mol. The molecule has 2 aliphatic heterocycles. The van der Waals surface area contributed by atoms with Crippen LogP contribution in [0.3, 0.4) is 0 Å². The molecule has 24 heavy (non-hydrogen) atoms. The van der Waals surface area contributed by atoms with Crippen molar-refractivity contribution in [3.63, 3.8) is 0 Å². The van der Waals surface area contributed by atoms with Gasteiger partial charge in [0, 0.05) is 52.1 Å². The molecule has 1 aromatic rings. The Morgan fingerprint density at radius 3 is 2.92 bits per heavy atom. The summed E-state index contributed by atoms with van der Waals surface area (Å²) in [5.74, 6) is 1.31. The van der Waals surface area contributed by atoms with E-state index in [2.05, 4.69) is 21.4 Å². The molecule has 2 aliphatic rings. The molecule has 0 radical (unpaired) electrons. The van der Waals surface area contributed by atoms with E-state index in [1.807, 2.05) is 24.3 Å². The Morgan fingerprint density at radius 1 is 1.38 bits per heavy atom. The average Bonchev–Trinajstić information content (AvgIpc) is 3.05. The van der Waals surface area contributed by atoms with Crippen LogP contribution in [0.5, 0.6) is 0 Å². The van der Waals surface area contributed by atoms with Crippen molar-refractivity contribution in [3.05, 3.63) is 18.2 Å². The molecule has 0 unspecified atom stereocenters. The molecule has 3 heterocycles. The number of carbonyl (C=O) groups excluding carboxylic acids is 1. The Kier molecular flexibility index (Phi) is 5.89. The van der Waals surface area contributed by atoms with E-state index in [1.165, 1.54) is 6.42 Å². The molecule has 3 rings (SSSR count). The number of amides is 1. The summed E-state index contributed by atoms with van der Waals surface area (Å²) < 4.78 is 7.82. The highest BCUT2D eigenvalue weighted by Crippen LogP contribution is 2.25. The molecule has 2 fully saturated rings. The second-order valence-electron chi connectivity index (χ2n) is 6.91. The molecule has 6 heteroatoms. The Bertz CT molecular complexity index is 539. The number of hydrogen-bond acceptors (Lipinski definition) is 4. The number of likely N-dealkylation sites (N-methyl/N-ethyl adjacent to an activating group) is 1. The smallest absolute Gasteiger partial charge is 0.222 e. The van der Waals surface area contributed by atoms with Crippen LogP contribution in [0.1, 0.15) is 50.9 Å². The zero-order chi connectivity index (χ0) is 16.9. The third kappa shape index (κ3) is 3.98. The fraction of sp³-hybridized carbons (Fsp3) is 0.778. The summed E-state index contributed by atoms with van der Waals surface area (Å²) in [4.78, 5) is 21.6. The third-order valence-corrected chi connectivity index (χ3v) is 5.36. The van der Waals surface area contributed by atoms with Crippen molar-refractivity contribution in [2.75, 3.05) is 32.8 Å². The highest BCUT2D eigenvalue weighted by molar-refractivity contribution is 5.76. The normalized spacial score (nSPS) is 25.8. The van der Waals surface area contributed by atoms with Gasteiger partial charge >= 0.3 is 0 Å². The lowest BCUT2D eigenvalue weighted by Crippen LogP contribution is -2.51. The molecule has 0 saturated carbocycles. The molecular formula is C18H30N4O2. The number of hydrogen-bond donors (Lipinski definition) is 0. The minimum atomic E-state index is 0.193. The number of piperazine rings is 1. The number of aromatic nitrogens is 2. The zero-order valence-electron chi connectivity index (χ0n) is 15.0. The standard InChI is InChI=1S/C18H30N4O2/c1-3-21-11-12-22(14-16(21)18-19-9-10-20(18)2)17(23)8-7-15-6-4-5-13-24-15/h9-10,15-16H,3-8,11-14H2,1-2H3/t15-,16+/m0/s1. The van der Waals surface area contributed by atoms with Crippen LogP contribution in [-0.2, 0) is 16.6 Å². The number of carbonyl (C=O) groups is 1. The number of nitrogens with zero attached hydrogens (tertiary/aromatic N) is 4. The molecule has 2 atom stereocenters. The van der Waals surface area contributed by atoms with Crippen LogP contribution in [0, 0.1) is 0 Å². The van der Waals surface area contributed by atoms with Gasteiger partial charge in [0.25, 0.3) is 0 Å². The van der Waals surface area contributed by atoms with Gasteiger partial charge in [-0.05, 0) is 32.2 Å². The summed E-state index contributed by atoms with van der Waals surface area (Å²) in [5.41, 5.74) is 0. The number of aryl methyl sites for hydroxylation is 1. The van der Waals surface area contributed by atoms with Gasteiger partial charge in [-0.3, -0.25) is 9.69 Å². The highest BCUT2D eigenvalue weighted by atomic mass is 16.5. The maximum Gasteiger partial charge on any atom is 0.222 e. The van der Waals surface area contributed by atoms with Gasteiger partial charge in [-0.1, -0.05) is 6.92 Å². The number of imidazole rings is 1. The Balaban J connectivity index is 1.57. The fourth-order valence-corrected chi connectivity index (χ4v) is 3.85. The van der Waals surface area contributed by atoms with E-state index < -0.39 is 0 Å². The molecule has 6 nitrogen and oxygen atoms in total. The van der Waals surface area contributed by atoms with E-state index in [-0.39, 0.29) is 18.1 Å². The summed E-state index contributed by atoms with van der Waals surface area (Å²) >= 11 is 0. The molecule has 1 amide bonds. The first-order chi connectivity index (χ1) is 11.7. The maximum atomic E-state index is 12.7. The van der Waals surface area contributed by atoms with Crippen LogP contribution < -0.4 is 0 Å². The van der Waals surface area contributed by atoms with Crippen LogP contribution in [0.25, 0.3) is 0 Å². The topological polar surface area (TPSA) is 50.6 Å². The molecular weight excluding hydrogens is 304 g/mol. The zero-order valence-corrected chi connectivity index (χ0v) is 15.0.